The van der Waals surface area contributed by atoms with Crippen molar-refractivity contribution in [3.63, 3.8) is 0 Å². The number of hydrogen-bond acceptors (Lipinski definition) is 3. The van der Waals surface area contributed by atoms with Crippen molar-refractivity contribution in [2.24, 2.45) is 0 Å². The minimum atomic E-state index is -0.399. The Morgan fingerprint density at radius 1 is 0.929 bits per heavy atom. The first-order valence-corrected chi connectivity index (χ1v) is 8.73. The van der Waals surface area contributed by atoms with E-state index < -0.39 is 5.82 Å². The van der Waals surface area contributed by atoms with Crippen LogP contribution in [0.4, 0.5) is 4.39 Å². The average molecular weight is 373 g/mol. The van der Waals surface area contributed by atoms with E-state index in [-0.39, 0.29) is 18.0 Å². The van der Waals surface area contributed by atoms with Gasteiger partial charge in [-0.2, -0.15) is 0 Å². The smallest absolute Gasteiger partial charge is 0.266 e. The molecular formula is C22H16FN3O2. The van der Waals surface area contributed by atoms with E-state index in [2.05, 4.69) is 10.3 Å². The number of hydrogen-bond donors (Lipinski definition) is 1. The third kappa shape index (κ3) is 3.40. The molecule has 0 bridgehead atoms. The standard InChI is InChI=1S/C22H16FN3O2/c23-16-10-12-17(13-11-16)26-20(14-24-21(27)15-6-2-1-3-7-15)25-19-9-5-4-8-18(19)22(26)28/h1-13H,14H2,(H,24,27). The minimum Gasteiger partial charge on any atom is -0.345 e. The Labute approximate surface area is 160 Å². The van der Waals surface area contributed by atoms with Gasteiger partial charge < -0.3 is 5.32 Å². The van der Waals surface area contributed by atoms with E-state index in [9.17, 15) is 14.0 Å². The zero-order valence-electron chi connectivity index (χ0n) is 14.8. The molecule has 1 amide bonds. The van der Waals surface area contributed by atoms with Gasteiger partial charge in [0, 0.05) is 5.56 Å². The summed E-state index contributed by atoms with van der Waals surface area (Å²) in [5, 5.41) is 3.24. The van der Waals surface area contributed by atoms with Crippen molar-refractivity contribution in [1.82, 2.24) is 14.9 Å². The van der Waals surface area contributed by atoms with Crippen molar-refractivity contribution in [2.45, 2.75) is 6.54 Å². The largest absolute Gasteiger partial charge is 0.345 e. The molecule has 4 rings (SSSR count). The zero-order chi connectivity index (χ0) is 19.5. The predicted octanol–water partition coefficient (Wildman–Crippen LogP) is 3.45. The Bertz CT molecular complexity index is 1200. The second-order valence-electron chi connectivity index (χ2n) is 6.21. The van der Waals surface area contributed by atoms with Crippen molar-refractivity contribution in [3.8, 4) is 5.69 Å². The Morgan fingerprint density at radius 2 is 1.61 bits per heavy atom. The summed E-state index contributed by atoms with van der Waals surface area (Å²) < 4.78 is 14.7. The highest BCUT2D eigenvalue weighted by atomic mass is 19.1. The lowest BCUT2D eigenvalue weighted by atomic mass is 10.2. The van der Waals surface area contributed by atoms with Crippen LogP contribution in [-0.2, 0) is 6.54 Å². The van der Waals surface area contributed by atoms with Crippen molar-refractivity contribution < 1.29 is 9.18 Å². The van der Waals surface area contributed by atoms with Gasteiger partial charge >= 0.3 is 0 Å². The van der Waals surface area contributed by atoms with Gasteiger partial charge in [0.15, 0.2) is 0 Å². The predicted molar refractivity (Wildman–Crippen MR) is 105 cm³/mol. The van der Waals surface area contributed by atoms with Crippen molar-refractivity contribution in [2.75, 3.05) is 0 Å². The lowest BCUT2D eigenvalue weighted by Gasteiger charge is -2.14. The number of nitrogens with zero attached hydrogens (tertiary/aromatic N) is 2. The Kier molecular flexibility index (Phi) is 4.68. The van der Waals surface area contributed by atoms with Crippen LogP contribution in [-0.4, -0.2) is 15.5 Å². The second kappa shape index (κ2) is 7.44. The summed E-state index contributed by atoms with van der Waals surface area (Å²) in [6.07, 6.45) is 0. The lowest BCUT2D eigenvalue weighted by Crippen LogP contribution is -2.30. The minimum absolute atomic E-state index is 0.0468. The fraction of sp³-hybridized carbons (Fsp3) is 0.0455. The monoisotopic (exact) mass is 373 g/mol. The van der Waals surface area contributed by atoms with E-state index in [1.165, 1.54) is 28.8 Å². The Morgan fingerprint density at radius 3 is 2.36 bits per heavy atom. The van der Waals surface area contributed by atoms with Crippen molar-refractivity contribution >= 4 is 16.8 Å². The summed E-state index contributed by atoms with van der Waals surface area (Å²) in [4.78, 5) is 30.0. The van der Waals surface area contributed by atoms with Crippen LogP contribution < -0.4 is 10.9 Å². The van der Waals surface area contributed by atoms with Gasteiger partial charge in [-0.05, 0) is 48.5 Å². The molecule has 0 aliphatic rings. The van der Waals surface area contributed by atoms with E-state index in [4.69, 9.17) is 0 Å². The number of halogens is 1. The summed E-state index contributed by atoms with van der Waals surface area (Å²) in [7, 11) is 0. The molecule has 0 saturated carbocycles. The Balaban J connectivity index is 1.77. The third-order valence-electron chi connectivity index (χ3n) is 4.37. The first-order valence-electron chi connectivity index (χ1n) is 8.73. The summed E-state index contributed by atoms with van der Waals surface area (Å²) in [6.45, 7) is 0.0468. The highest BCUT2D eigenvalue weighted by Crippen LogP contribution is 2.14. The number of rotatable bonds is 4. The molecule has 0 aliphatic carbocycles. The molecule has 5 nitrogen and oxygen atoms in total. The van der Waals surface area contributed by atoms with Gasteiger partial charge in [-0.1, -0.05) is 30.3 Å². The normalized spacial score (nSPS) is 10.8. The van der Waals surface area contributed by atoms with E-state index in [0.29, 0.717) is 28.0 Å². The molecule has 0 radical (unpaired) electrons. The number of para-hydroxylation sites is 1. The van der Waals surface area contributed by atoms with E-state index in [1.54, 1.807) is 48.5 Å². The summed E-state index contributed by atoms with van der Waals surface area (Å²) in [6, 6.07) is 21.4. The molecule has 6 heteroatoms. The van der Waals surface area contributed by atoms with E-state index in [1.807, 2.05) is 6.07 Å². The maximum Gasteiger partial charge on any atom is 0.266 e. The van der Waals surface area contributed by atoms with E-state index >= 15 is 0 Å². The van der Waals surface area contributed by atoms with Gasteiger partial charge in [0.2, 0.25) is 0 Å². The molecule has 0 saturated heterocycles. The van der Waals surface area contributed by atoms with Crippen LogP contribution in [0.3, 0.4) is 0 Å². The van der Waals surface area contributed by atoms with Crippen LogP contribution >= 0.6 is 0 Å². The summed E-state index contributed by atoms with van der Waals surface area (Å²) in [5.74, 6) is -0.308. The van der Waals surface area contributed by atoms with Crippen molar-refractivity contribution in [3.05, 3.63) is 106 Å². The second-order valence-corrected chi connectivity index (χ2v) is 6.21. The first-order chi connectivity index (χ1) is 13.6. The summed E-state index contributed by atoms with van der Waals surface area (Å²) in [5.41, 5.74) is 1.25. The molecule has 0 fully saturated rings. The van der Waals surface area contributed by atoms with Crippen LogP contribution in [0, 0.1) is 5.82 Å². The highest BCUT2D eigenvalue weighted by molar-refractivity contribution is 5.94. The molecule has 4 aromatic rings. The van der Waals surface area contributed by atoms with Gasteiger partial charge in [0.25, 0.3) is 11.5 Å². The molecule has 0 unspecified atom stereocenters. The maximum atomic E-state index is 13.3. The van der Waals surface area contributed by atoms with Crippen LogP contribution in [0.1, 0.15) is 16.2 Å². The molecule has 28 heavy (non-hydrogen) atoms. The molecule has 1 N–H and O–H groups in total. The SMILES string of the molecule is O=C(NCc1nc2ccccc2c(=O)n1-c1ccc(F)cc1)c1ccccc1. The number of carbonyl (C=O) groups excluding carboxylic acids is 1. The number of amides is 1. The molecule has 0 atom stereocenters. The van der Waals surface area contributed by atoms with Gasteiger partial charge in [0.05, 0.1) is 23.1 Å². The zero-order valence-corrected chi connectivity index (χ0v) is 14.8. The number of benzene rings is 3. The molecule has 138 valence electrons. The summed E-state index contributed by atoms with van der Waals surface area (Å²) >= 11 is 0. The Hall–Kier alpha value is -3.80. The number of fused-ring (bicyclic) bond motifs is 1. The highest BCUT2D eigenvalue weighted by Gasteiger charge is 2.14. The van der Waals surface area contributed by atoms with Crippen LogP contribution in [0.2, 0.25) is 0 Å². The maximum absolute atomic E-state index is 13.3. The van der Waals surface area contributed by atoms with Gasteiger partial charge in [-0.3, -0.25) is 14.2 Å². The molecule has 1 aromatic heterocycles. The van der Waals surface area contributed by atoms with Gasteiger partial charge in [-0.25, -0.2) is 9.37 Å². The molecule has 3 aromatic carbocycles. The topological polar surface area (TPSA) is 64.0 Å². The number of carbonyl (C=O) groups is 1. The molecule has 0 aliphatic heterocycles. The van der Waals surface area contributed by atoms with Gasteiger partial charge in [0.1, 0.15) is 11.6 Å². The fourth-order valence-corrected chi connectivity index (χ4v) is 3.00. The van der Waals surface area contributed by atoms with Crippen LogP contribution in [0.5, 0.6) is 0 Å². The van der Waals surface area contributed by atoms with Crippen LogP contribution in [0.25, 0.3) is 16.6 Å². The third-order valence-corrected chi connectivity index (χ3v) is 4.37. The average Bonchev–Trinajstić information content (AvgIpc) is 2.74. The first kappa shape index (κ1) is 17.6. The molecular weight excluding hydrogens is 357 g/mol. The molecule has 0 spiro atoms. The van der Waals surface area contributed by atoms with Crippen molar-refractivity contribution in [1.29, 1.82) is 0 Å². The van der Waals surface area contributed by atoms with Crippen LogP contribution in [0.15, 0.2) is 83.7 Å². The molecule has 1 heterocycles. The van der Waals surface area contributed by atoms with Gasteiger partial charge in [-0.15, -0.1) is 0 Å². The fourth-order valence-electron chi connectivity index (χ4n) is 3.00. The number of aromatic nitrogens is 2. The number of nitrogens with one attached hydrogen (secondary N) is 1. The van der Waals surface area contributed by atoms with E-state index in [0.717, 1.165) is 0 Å². The lowest BCUT2D eigenvalue weighted by molar-refractivity contribution is 0.0949. The quantitative estimate of drug-likeness (QED) is 0.596.